The van der Waals surface area contributed by atoms with Crippen molar-refractivity contribution in [2.24, 2.45) is 0 Å². The fourth-order valence-electron chi connectivity index (χ4n) is 2.60. The molecule has 0 unspecified atom stereocenters. The molecule has 34 heavy (non-hydrogen) atoms. The van der Waals surface area contributed by atoms with E-state index in [0.29, 0.717) is 13.1 Å². The average Bonchev–Trinajstić information content (AvgIpc) is 2.72. The van der Waals surface area contributed by atoms with Crippen LogP contribution < -0.4 is 9.47 Å². The normalized spacial score (nSPS) is 11.0. The summed E-state index contributed by atoms with van der Waals surface area (Å²) in [5.41, 5.74) is -1.10. The molecule has 0 aliphatic heterocycles. The smallest absolute Gasteiger partial charge is 0.431 e. The number of benzene rings is 1. The molecule has 0 aliphatic carbocycles. The van der Waals surface area contributed by atoms with Gasteiger partial charge in [0.05, 0.1) is 17.1 Å². The minimum absolute atomic E-state index is 0.0271. The molecular formula is C22H27N3O9. The third kappa shape index (κ3) is 8.09. The average molecular weight is 477 g/mol. The van der Waals surface area contributed by atoms with Gasteiger partial charge in [-0.05, 0) is 59.2 Å². The maximum Gasteiger partial charge on any atom is 0.514 e. The number of nitro groups is 1. The van der Waals surface area contributed by atoms with Crippen molar-refractivity contribution in [1.82, 2.24) is 4.90 Å². The molecule has 1 rings (SSSR count). The van der Waals surface area contributed by atoms with Crippen molar-refractivity contribution in [1.29, 1.82) is 5.26 Å². The van der Waals surface area contributed by atoms with Crippen LogP contribution >= 0.6 is 0 Å². The molecule has 0 atom stereocenters. The summed E-state index contributed by atoms with van der Waals surface area (Å²) in [6, 6.07) is 3.83. The van der Waals surface area contributed by atoms with Crippen LogP contribution in [0.4, 0.5) is 15.3 Å². The molecule has 0 radical (unpaired) electrons. The van der Waals surface area contributed by atoms with Gasteiger partial charge in [0, 0.05) is 19.2 Å². The molecule has 0 aromatic heterocycles. The van der Waals surface area contributed by atoms with Crippen molar-refractivity contribution in [2.75, 3.05) is 13.1 Å². The van der Waals surface area contributed by atoms with Gasteiger partial charge < -0.3 is 23.8 Å². The van der Waals surface area contributed by atoms with Crippen molar-refractivity contribution < 1.29 is 38.3 Å². The molecule has 0 aliphatic rings. The van der Waals surface area contributed by atoms with E-state index in [9.17, 15) is 29.8 Å². The second kappa shape index (κ2) is 12.8. The maximum atomic E-state index is 12.6. The van der Waals surface area contributed by atoms with Gasteiger partial charge in [0.15, 0.2) is 5.75 Å². The van der Waals surface area contributed by atoms with Gasteiger partial charge in [0.1, 0.15) is 11.6 Å². The Hall–Kier alpha value is -4.14. The second-order valence-corrected chi connectivity index (χ2v) is 7.31. The van der Waals surface area contributed by atoms with E-state index in [2.05, 4.69) is 0 Å². The first-order chi connectivity index (χ1) is 15.9. The number of hydrogen-bond acceptors (Lipinski definition) is 10. The number of hydrogen-bond donors (Lipinski definition) is 0. The number of nitriles is 1. The molecule has 0 N–H and O–H groups in total. The van der Waals surface area contributed by atoms with Crippen LogP contribution in [0.3, 0.4) is 0 Å². The molecule has 12 heteroatoms. The fourth-order valence-corrected chi connectivity index (χ4v) is 2.60. The number of nitro benzene ring substituents is 1. The monoisotopic (exact) mass is 477 g/mol. The highest BCUT2D eigenvalue weighted by atomic mass is 16.8. The summed E-state index contributed by atoms with van der Waals surface area (Å²) in [6.45, 7) is 10.3. The summed E-state index contributed by atoms with van der Waals surface area (Å²) in [5.74, 6) is -1.83. The van der Waals surface area contributed by atoms with Crippen LogP contribution in [0, 0.1) is 21.4 Å². The molecule has 1 aromatic rings. The summed E-state index contributed by atoms with van der Waals surface area (Å²) >= 11 is 0. The zero-order chi connectivity index (χ0) is 26.0. The lowest BCUT2D eigenvalue weighted by atomic mass is 10.1. The lowest BCUT2D eigenvalue weighted by molar-refractivity contribution is -0.385. The molecule has 1 amide bonds. The summed E-state index contributed by atoms with van der Waals surface area (Å²) in [4.78, 5) is 48.9. The van der Waals surface area contributed by atoms with Crippen LogP contribution in [0.15, 0.2) is 17.7 Å². The Kier molecular flexibility index (Phi) is 10.5. The van der Waals surface area contributed by atoms with Crippen LogP contribution in [0.2, 0.25) is 0 Å². The van der Waals surface area contributed by atoms with Crippen molar-refractivity contribution in [2.45, 2.75) is 53.8 Å². The number of rotatable bonds is 9. The van der Waals surface area contributed by atoms with E-state index in [1.54, 1.807) is 33.8 Å². The number of nitrogens with zero attached hydrogens (tertiary/aromatic N) is 3. The summed E-state index contributed by atoms with van der Waals surface area (Å²) in [5, 5.41) is 21.2. The minimum Gasteiger partial charge on any atom is -0.431 e. The van der Waals surface area contributed by atoms with E-state index in [1.807, 2.05) is 0 Å². The Morgan fingerprint density at radius 2 is 1.59 bits per heavy atom. The van der Waals surface area contributed by atoms with Gasteiger partial charge >= 0.3 is 18.0 Å². The Balaban J connectivity index is 3.65. The van der Waals surface area contributed by atoms with Crippen LogP contribution in [0.1, 0.15) is 47.1 Å². The Morgan fingerprint density at radius 1 is 1.06 bits per heavy atom. The number of amides is 1. The van der Waals surface area contributed by atoms with Gasteiger partial charge in [-0.25, -0.2) is 9.59 Å². The van der Waals surface area contributed by atoms with Crippen LogP contribution in [0.25, 0.3) is 6.08 Å². The standard InChI is InChI=1S/C22H27N3O9/c1-7-24(8-2)20(26)16(12-23)9-15-10-17(25(29)30)19(34-22(28)32-14(5)6)18(11-15)33-21(27)31-13(3)4/h9-11,13-14H,7-8H2,1-6H3/b16-9+. The molecule has 0 saturated heterocycles. The molecule has 184 valence electrons. The third-order valence-electron chi connectivity index (χ3n) is 4.01. The molecule has 12 nitrogen and oxygen atoms in total. The van der Waals surface area contributed by atoms with Gasteiger partial charge in [-0.3, -0.25) is 14.9 Å². The van der Waals surface area contributed by atoms with E-state index in [-0.39, 0.29) is 11.1 Å². The second-order valence-electron chi connectivity index (χ2n) is 7.31. The largest absolute Gasteiger partial charge is 0.514 e. The zero-order valence-corrected chi connectivity index (χ0v) is 19.8. The first kappa shape index (κ1) is 27.9. The predicted molar refractivity (Wildman–Crippen MR) is 119 cm³/mol. The van der Waals surface area contributed by atoms with Crippen LogP contribution in [0.5, 0.6) is 11.5 Å². The SMILES string of the molecule is CCN(CC)C(=O)/C(C#N)=C/c1cc(OC(=O)OC(C)C)c(OC(=O)OC(C)C)c([N+](=O)[O-])c1. The molecule has 1 aromatic carbocycles. The fraction of sp³-hybridized carbons (Fsp3) is 0.455. The first-order valence-electron chi connectivity index (χ1n) is 10.4. The van der Waals surface area contributed by atoms with E-state index < -0.39 is 52.5 Å². The molecule has 0 heterocycles. The highest BCUT2D eigenvalue weighted by Gasteiger charge is 2.28. The van der Waals surface area contributed by atoms with E-state index in [4.69, 9.17) is 18.9 Å². The minimum atomic E-state index is -1.27. The van der Waals surface area contributed by atoms with Gasteiger partial charge in [0.2, 0.25) is 0 Å². The molecular weight excluding hydrogens is 450 g/mol. The molecule has 0 spiro atoms. The zero-order valence-electron chi connectivity index (χ0n) is 19.8. The quantitative estimate of drug-likeness (QED) is 0.126. The third-order valence-corrected chi connectivity index (χ3v) is 4.01. The van der Waals surface area contributed by atoms with Gasteiger partial charge in [-0.2, -0.15) is 5.26 Å². The molecule has 0 fully saturated rings. The lowest BCUT2D eigenvalue weighted by Gasteiger charge is -2.18. The van der Waals surface area contributed by atoms with Gasteiger partial charge in [0.25, 0.3) is 11.7 Å². The highest BCUT2D eigenvalue weighted by Crippen LogP contribution is 2.40. The number of likely N-dealkylation sites (N-methyl/N-ethyl adjacent to an activating group) is 1. The molecule has 0 saturated carbocycles. The number of ether oxygens (including phenoxy) is 4. The Morgan fingerprint density at radius 3 is 2.03 bits per heavy atom. The first-order valence-corrected chi connectivity index (χ1v) is 10.4. The van der Waals surface area contributed by atoms with Crippen molar-refractivity contribution in [3.05, 3.63) is 33.4 Å². The number of carbonyl (C=O) groups is 3. The van der Waals surface area contributed by atoms with Crippen molar-refractivity contribution in [3.8, 4) is 17.6 Å². The van der Waals surface area contributed by atoms with E-state index >= 15 is 0 Å². The summed E-state index contributed by atoms with van der Waals surface area (Å²) in [7, 11) is 0. The maximum absolute atomic E-state index is 12.6. The van der Waals surface area contributed by atoms with Crippen molar-refractivity contribution >= 4 is 30.0 Å². The predicted octanol–water partition coefficient (Wildman–Crippen LogP) is 4.22. The van der Waals surface area contributed by atoms with Gasteiger partial charge in [-0.15, -0.1) is 0 Å². The Labute approximate surface area is 196 Å². The highest BCUT2D eigenvalue weighted by molar-refractivity contribution is 6.01. The topological polar surface area (TPSA) is 158 Å². The van der Waals surface area contributed by atoms with Gasteiger partial charge in [-0.1, -0.05) is 0 Å². The summed E-state index contributed by atoms with van der Waals surface area (Å²) in [6.07, 6.45) is -2.54. The van der Waals surface area contributed by atoms with Crippen LogP contribution in [-0.4, -0.2) is 53.3 Å². The molecule has 0 bridgehead atoms. The Bertz CT molecular complexity index is 1010. The number of carbonyl (C=O) groups excluding carboxylic acids is 3. The van der Waals surface area contributed by atoms with Crippen LogP contribution in [-0.2, 0) is 14.3 Å². The van der Waals surface area contributed by atoms with E-state index in [0.717, 1.165) is 18.2 Å². The lowest BCUT2D eigenvalue weighted by Crippen LogP contribution is -2.31. The van der Waals surface area contributed by atoms with E-state index in [1.165, 1.54) is 18.7 Å². The summed E-state index contributed by atoms with van der Waals surface area (Å²) < 4.78 is 19.8. The van der Waals surface area contributed by atoms with Crippen molar-refractivity contribution in [3.63, 3.8) is 0 Å².